The number of H-pyrrole nitrogens is 1. The van der Waals surface area contributed by atoms with Crippen molar-refractivity contribution >= 4 is 23.3 Å². The minimum absolute atomic E-state index is 0.180. The van der Waals surface area contributed by atoms with E-state index in [2.05, 4.69) is 10.3 Å². The van der Waals surface area contributed by atoms with Crippen molar-refractivity contribution in [1.82, 2.24) is 15.2 Å². The quantitative estimate of drug-likeness (QED) is 0.756. The molecule has 1 aliphatic rings. The van der Waals surface area contributed by atoms with Crippen LogP contribution in [0.4, 0.5) is 4.79 Å². The van der Waals surface area contributed by atoms with E-state index < -0.39 is 17.5 Å². The molecule has 2 rings (SSSR count). The van der Waals surface area contributed by atoms with Crippen molar-refractivity contribution in [1.29, 1.82) is 0 Å². The number of carboxylic acids is 1. The maximum Gasteiger partial charge on any atom is 0.329 e. The van der Waals surface area contributed by atoms with E-state index in [0.29, 0.717) is 25.1 Å². The van der Waals surface area contributed by atoms with Gasteiger partial charge in [-0.2, -0.15) is 0 Å². The first kappa shape index (κ1) is 13.6. The molecular weight excluding hydrogens is 270 g/mol. The Balaban J connectivity index is 2.00. The van der Waals surface area contributed by atoms with E-state index in [1.807, 2.05) is 0 Å². The lowest BCUT2D eigenvalue weighted by Crippen LogP contribution is -2.53. The van der Waals surface area contributed by atoms with Gasteiger partial charge < -0.3 is 20.3 Å². The Bertz CT molecular complexity index is 552. The number of carboxylic acid groups (broad SMARTS) is 1. The molecule has 1 aliphatic heterocycles. The molecule has 0 aliphatic carbocycles. The van der Waals surface area contributed by atoms with Crippen LogP contribution in [0.3, 0.4) is 0 Å². The summed E-state index contributed by atoms with van der Waals surface area (Å²) < 4.78 is 0. The number of urea groups is 1. The van der Waals surface area contributed by atoms with Crippen molar-refractivity contribution < 1.29 is 14.7 Å². The molecule has 0 saturated carbocycles. The summed E-state index contributed by atoms with van der Waals surface area (Å²) in [5.41, 5.74) is -0.536. The van der Waals surface area contributed by atoms with E-state index in [0.717, 1.165) is 11.3 Å². The number of thiazole rings is 1. The Hall–Kier alpha value is -1.83. The maximum absolute atomic E-state index is 12.0. The molecule has 0 radical (unpaired) electrons. The van der Waals surface area contributed by atoms with Crippen molar-refractivity contribution in [2.45, 2.75) is 31.8 Å². The molecule has 2 amide bonds. The third kappa shape index (κ3) is 2.62. The average molecular weight is 285 g/mol. The van der Waals surface area contributed by atoms with Crippen LogP contribution in [0.1, 0.15) is 25.5 Å². The standard InChI is InChI=1S/C11H15N3O4S/c1-11(8(15)16)3-2-4-14(11)9(17)12-5-7-6-19-10(18)13-7/h6H,2-5H2,1H3,(H,12,17)(H,13,18)(H,15,16). The second-order valence-electron chi connectivity index (χ2n) is 4.67. The lowest BCUT2D eigenvalue weighted by atomic mass is 10.00. The summed E-state index contributed by atoms with van der Waals surface area (Å²) in [6, 6.07) is -0.422. The summed E-state index contributed by atoms with van der Waals surface area (Å²) in [6.45, 7) is 2.16. The van der Waals surface area contributed by atoms with Gasteiger partial charge in [-0.3, -0.25) is 4.79 Å². The van der Waals surface area contributed by atoms with Gasteiger partial charge in [-0.25, -0.2) is 9.59 Å². The van der Waals surface area contributed by atoms with Gasteiger partial charge in [-0.05, 0) is 19.8 Å². The summed E-state index contributed by atoms with van der Waals surface area (Å²) in [4.78, 5) is 37.9. The molecule has 19 heavy (non-hydrogen) atoms. The van der Waals surface area contributed by atoms with Crippen LogP contribution in [-0.2, 0) is 11.3 Å². The van der Waals surface area contributed by atoms with E-state index in [4.69, 9.17) is 0 Å². The van der Waals surface area contributed by atoms with Crippen molar-refractivity contribution in [2.24, 2.45) is 0 Å². The maximum atomic E-state index is 12.0. The molecule has 1 aromatic rings. The number of likely N-dealkylation sites (tertiary alicyclic amines) is 1. The minimum atomic E-state index is -1.15. The number of amides is 2. The molecule has 8 heteroatoms. The molecule has 1 saturated heterocycles. The zero-order valence-corrected chi connectivity index (χ0v) is 11.2. The van der Waals surface area contributed by atoms with Gasteiger partial charge in [0.1, 0.15) is 5.54 Å². The van der Waals surface area contributed by atoms with Gasteiger partial charge in [0.25, 0.3) is 0 Å². The smallest absolute Gasteiger partial charge is 0.329 e. The number of hydrogen-bond donors (Lipinski definition) is 3. The number of nitrogens with one attached hydrogen (secondary N) is 2. The lowest BCUT2D eigenvalue weighted by Gasteiger charge is -2.31. The van der Waals surface area contributed by atoms with Crippen LogP contribution in [0.25, 0.3) is 0 Å². The van der Waals surface area contributed by atoms with Crippen LogP contribution in [-0.4, -0.2) is 39.1 Å². The van der Waals surface area contributed by atoms with Gasteiger partial charge in [0, 0.05) is 17.6 Å². The number of rotatable bonds is 3. The van der Waals surface area contributed by atoms with Gasteiger partial charge in [-0.1, -0.05) is 11.3 Å². The Labute approximate surface area is 113 Å². The number of nitrogens with zero attached hydrogens (tertiary/aromatic N) is 1. The first-order valence-corrected chi connectivity index (χ1v) is 6.77. The minimum Gasteiger partial charge on any atom is -0.480 e. The summed E-state index contributed by atoms with van der Waals surface area (Å²) in [5, 5.41) is 13.5. The van der Waals surface area contributed by atoms with Crippen LogP contribution in [0.15, 0.2) is 10.2 Å². The fourth-order valence-electron chi connectivity index (χ4n) is 2.18. The molecule has 104 valence electrons. The van der Waals surface area contributed by atoms with Crippen LogP contribution in [0.5, 0.6) is 0 Å². The van der Waals surface area contributed by atoms with Crippen molar-refractivity contribution in [2.75, 3.05) is 6.54 Å². The highest BCUT2D eigenvalue weighted by Crippen LogP contribution is 2.29. The summed E-state index contributed by atoms with van der Waals surface area (Å²) in [5.74, 6) is -0.996. The zero-order chi connectivity index (χ0) is 14.0. The van der Waals surface area contributed by atoms with Crippen LogP contribution in [0.2, 0.25) is 0 Å². The molecule has 1 fully saturated rings. The van der Waals surface area contributed by atoms with Crippen molar-refractivity contribution in [3.05, 3.63) is 20.7 Å². The first-order valence-electron chi connectivity index (χ1n) is 5.89. The Kier molecular flexibility index (Phi) is 3.61. The number of aromatic nitrogens is 1. The lowest BCUT2D eigenvalue weighted by molar-refractivity contribution is -0.147. The molecule has 0 aromatic carbocycles. The number of hydrogen-bond acceptors (Lipinski definition) is 4. The fourth-order valence-corrected chi connectivity index (χ4v) is 2.76. The number of carbonyl (C=O) groups is 2. The number of aliphatic carboxylic acids is 1. The average Bonchev–Trinajstić information content (AvgIpc) is 2.93. The summed E-state index contributed by atoms with van der Waals surface area (Å²) >= 11 is 1.02. The second kappa shape index (κ2) is 5.04. The second-order valence-corrected chi connectivity index (χ2v) is 5.51. The van der Waals surface area contributed by atoms with E-state index in [-0.39, 0.29) is 11.4 Å². The van der Waals surface area contributed by atoms with E-state index in [1.165, 1.54) is 4.90 Å². The van der Waals surface area contributed by atoms with Gasteiger partial charge >= 0.3 is 16.9 Å². The Morgan fingerprint density at radius 3 is 2.95 bits per heavy atom. The van der Waals surface area contributed by atoms with Crippen molar-refractivity contribution in [3.8, 4) is 0 Å². The number of carbonyl (C=O) groups excluding carboxylic acids is 1. The van der Waals surface area contributed by atoms with Crippen LogP contribution < -0.4 is 10.2 Å². The first-order chi connectivity index (χ1) is 8.93. The topological polar surface area (TPSA) is 102 Å². The third-order valence-electron chi connectivity index (χ3n) is 3.35. The predicted molar refractivity (Wildman–Crippen MR) is 69.2 cm³/mol. The summed E-state index contributed by atoms with van der Waals surface area (Å²) in [7, 11) is 0. The van der Waals surface area contributed by atoms with Gasteiger partial charge in [-0.15, -0.1) is 0 Å². The molecule has 7 nitrogen and oxygen atoms in total. The third-order valence-corrected chi connectivity index (χ3v) is 4.07. The van der Waals surface area contributed by atoms with Gasteiger partial charge in [0.05, 0.1) is 6.54 Å². The molecular formula is C11H15N3O4S. The highest BCUT2D eigenvalue weighted by atomic mass is 32.1. The fraction of sp³-hybridized carbons (Fsp3) is 0.545. The molecule has 1 unspecified atom stereocenters. The highest BCUT2D eigenvalue weighted by Gasteiger charge is 2.45. The molecule has 2 heterocycles. The SMILES string of the molecule is CC1(C(=O)O)CCCN1C(=O)NCc1csc(=O)[nH]1. The Morgan fingerprint density at radius 2 is 2.37 bits per heavy atom. The molecule has 0 bridgehead atoms. The molecule has 0 spiro atoms. The predicted octanol–water partition coefficient (Wildman–Crippen LogP) is 0.585. The monoisotopic (exact) mass is 285 g/mol. The number of aromatic amines is 1. The highest BCUT2D eigenvalue weighted by molar-refractivity contribution is 7.07. The zero-order valence-electron chi connectivity index (χ0n) is 10.4. The normalized spacial score (nSPS) is 22.5. The van der Waals surface area contributed by atoms with E-state index >= 15 is 0 Å². The van der Waals surface area contributed by atoms with Crippen molar-refractivity contribution in [3.63, 3.8) is 0 Å². The molecule has 1 aromatic heterocycles. The Morgan fingerprint density at radius 1 is 1.63 bits per heavy atom. The van der Waals surface area contributed by atoms with Crippen LogP contribution >= 0.6 is 11.3 Å². The van der Waals surface area contributed by atoms with E-state index in [9.17, 15) is 19.5 Å². The molecule has 3 N–H and O–H groups in total. The van der Waals surface area contributed by atoms with E-state index in [1.54, 1.807) is 12.3 Å². The summed E-state index contributed by atoms with van der Waals surface area (Å²) in [6.07, 6.45) is 1.12. The molecule has 1 atom stereocenters. The van der Waals surface area contributed by atoms with Gasteiger partial charge in [0.15, 0.2) is 0 Å². The van der Waals surface area contributed by atoms with Crippen LogP contribution in [0, 0.1) is 0 Å². The van der Waals surface area contributed by atoms with Gasteiger partial charge in [0.2, 0.25) is 0 Å². The largest absolute Gasteiger partial charge is 0.480 e.